The second kappa shape index (κ2) is 5.14. The molecule has 1 heterocycles. The molecule has 0 spiro atoms. The first kappa shape index (κ1) is 13.1. The van der Waals surface area contributed by atoms with Gasteiger partial charge in [-0.15, -0.1) is 0 Å². The Morgan fingerprint density at radius 2 is 2.00 bits per heavy atom. The fourth-order valence-electron chi connectivity index (χ4n) is 3.00. The maximum atomic E-state index is 12.8. The van der Waals surface area contributed by atoms with Gasteiger partial charge in [0.15, 0.2) is 0 Å². The van der Waals surface area contributed by atoms with Crippen LogP contribution in [0.3, 0.4) is 0 Å². The molecule has 1 N–H and O–H groups in total. The van der Waals surface area contributed by atoms with E-state index in [2.05, 4.69) is 17.1 Å². The van der Waals surface area contributed by atoms with Gasteiger partial charge in [0.2, 0.25) is 0 Å². The number of alkyl halides is 3. The fourth-order valence-corrected chi connectivity index (χ4v) is 3.00. The highest BCUT2D eigenvalue weighted by Gasteiger charge is 2.42. The van der Waals surface area contributed by atoms with Gasteiger partial charge < -0.3 is 5.32 Å². The lowest BCUT2D eigenvalue weighted by Gasteiger charge is -2.30. The molecule has 1 aliphatic heterocycles. The van der Waals surface area contributed by atoms with Crippen LogP contribution < -0.4 is 5.32 Å². The summed E-state index contributed by atoms with van der Waals surface area (Å²) in [6, 6.07) is 0.370. The summed E-state index contributed by atoms with van der Waals surface area (Å²) in [5.41, 5.74) is 0. The van der Waals surface area contributed by atoms with Crippen LogP contribution in [-0.2, 0) is 0 Å². The molecule has 2 aliphatic rings. The molecule has 1 saturated carbocycles. The van der Waals surface area contributed by atoms with Crippen molar-refractivity contribution in [2.45, 2.75) is 38.4 Å². The number of hydrogen-bond donors (Lipinski definition) is 1. The highest BCUT2D eigenvalue weighted by atomic mass is 19.4. The molecule has 17 heavy (non-hydrogen) atoms. The van der Waals surface area contributed by atoms with Crippen molar-refractivity contribution in [1.29, 1.82) is 0 Å². The molecule has 0 aromatic heterocycles. The molecule has 1 saturated heterocycles. The second-order valence-electron chi connectivity index (χ2n) is 5.51. The molecule has 100 valence electrons. The van der Waals surface area contributed by atoms with Gasteiger partial charge in [0.05, 0.1) is 5.92 Å². The van der Waals surface area contributed by atoms with Crippen LogP contribution in [0.4, 0.5) is 13.2 Å². The van der Waals surface area contributed by atoms with E-state index in [1.54, 1.807) is 0 Å². The first-order valence-electron chi connectivity index (χ1n) is 6.48. The van der Waals surface area contributed by atoms with Crippen LogP contribution in [0, 0.1) is 11.8 Å². The van der Waals surface area contributed by atoms with Gasteiger partial charge in [-0.3, -0.25) is 4.90 Å². The maximum Gasteiger partial charge on any atom is 0.394 e. The molecule has 1 aliphatic carbocycles. The molecule has 0 amide bonds. The van der Waals surface area contributed by atoms with E-state index in [1.807, 2.05) is 0 Å². The van der Waals surface area contributed by atoms with Crippen molar-refractivity contribution in [2.24, 2.45) is 11.8 Å². The predicted octanol–water partition coefficient (Wildman–Crippen LogP) is 2.26. The highest BCUT2D eigenvalue weighted by molar-refractivity contribution is 4.86. The van der Waals surface area contributed by atoms with Crippen molar-refractivity contribution >= 4 is 0 Å². The molecule has 3 unspecified atom stereocenters. The van der Waals surface area contributed by atoms with Crippen molar-refractivity contribution in [2.75, 3.05) is 26.2 Å². The molecule has 5 heteroatoms. The van der Waals surface area contributed by atoms with E-state index < -0.39 is 12.1 Å². The van der Waals surface area contributed by atoms with E-state index in [9.17, 15) is 13.2 Å². The van der Waals surface area contributed by atoms with Gasteiger partial charge >= 0.3 is 6.18 Å². The quantitative estimate of drug-likeness (QED) is 0.768. The van der Waals surface area contributed by atoms with E-state index in [0.29, 0.717) is 18.5 Å². The molecule has 0 aromatic rings. The molecular weight excluding hydrogens is 229 g/mol. The minimum Gasteiger partial charge on any atom is -0.315 e. The Kier molecular flexibility index (Phi) is 3.98. The number of halogens is 3. The molecule has 2 fully saturated rings. The van der Waals surface area contributed by atoms with Crippen LogP contribution in [-0.4, -0.2) is 43.3 Å². The van der Waals surface area contributed by atoms with Gasteiger partial charge in [-0.2, -0.15) is 13.2 Å². The lowest BCUT2D eigenvalue weighted by Crippen LogP contribution is -2.42. The number of rotatable bonds is 1. The average Bonchev–Trinajstić information content (AvgIpc) is 2.53. The fraction of sp³-hybridized carbons (Fsp3) is 1.00. The topological polar surface area (TPSA) is 15.3 Å². The zero-order chi connectivity index (χ0) is 12.5. The minimum absolute atomic E-state index is 0.0717. The standard InChI is InChI=1S/C12H21F3N2/c1-9-2-3-11(6-9)17-5-4-16-7-10(8-17)12(13,14)15/h9-11,16H,2-8H2,1H3. The third kappa shape index (κ3) is 3.35. The Morgan fingerprint density at radius 3 is 2.59 bits per heavy atom. The lowest BCUT2D eigenvalue weighted by atomic mass is 10.1. The summed E-state index contributed by atoms with van der Waals surface area (Å²) in [5.74, 6) is -0.540. The molecular formula is C12H21F3N2. The van der Waals surface area contributed by atoms with Crippen LogP contribution in [0.2, 0.25) is 0 Å². The van der Waals surface area contributed by atoms with Crippen LogP contribution in [0.5, 0.6) is 0 Å². The Balaban J connectivity index is 1.97. The minimum atomic E-state index is -4.07. The summed E-state index contributed by atoms with van der Waals surface area (Å²) >= 11 is 0. The van der Waals surface area contributed by atoms with Crippen molar-refractivity contribution in [1.82, 2.24) is 10.2 Å². The summed E-state index contributed by atoms with van der Waals surface area (Å²) in [7, 11) is 0. The van der Waals surface area contributed by atoms with Crippen LogP contribution in [0.1, 0.15) is 26.2 Å². The smallest absolute Gasteiger partial charge is 0.315 e. The predicted molar refractivity (Wildman–Crippen MR) is 60.8 cm³/mol. The van der Waals surface area contributed by atoms with E-state index in [1.165, 1.54) is 0 Å². The zero-order valence-corrected chi connectivity index (χ0v) is 10.3. The summed E-state index contributed by atoms with van der Waals surface area (Å²) in [5, 5.41) is 2.91. The van der Waals surface area contributed by atoms with Gasteiger partial charge in [-0.05, 0) is 25.2 Å². The van der Waals surface area contributed by atoms with Gasteiger partial charge in [0.25, 0.3) is 0 Å². The van der Waals surface area contributed by atoms with Gasteiger partial charge in [0.1, 0.15) is 0 Å². The molecule has 2 rings (SSSR count). The summed E-state index contributed by atoms with van der Waals surface area (Å²) in [6.45, 7) is 3.87. The third-order valence-corrected chi connectivity index (χ3v) is 4.07. The van der Waals surface area contributed by atoms with Crippen LogP contribution in [0.15, 0.2) is 0 Å². The Labute approximate surface area is 101 Å². The van der Waals surface area contributed by atoms with Crippen LogP contribution >= 0.6 is 0 Å². The number of nitrogens with one attached hydrogen (secondary N) is 1. The van der Waals surface area contributed by atoms with Gasteiger partial charge in [0, 0.05) is 32.2 Å². The van der Waals surface area contributed by atoms with Crippen molar-refractivity contribution in [3.05, 3.63) is 0 Å². The van der Waals surface area contributed by atoms with E-state index in [-0.39, 0.29) is 13.1 Å². The number of hydrogen-bond acceptors (Lipinski definition) is 2. The summed E-state index contributed by atoms with van der Waals surface area (Å²) in [6.07, 6.45) is -0.790. The van der Waals surface area contributed by atoms with E-state index in [0.717, 1.165) is 25.8 Å². The van der Waals surface area contributed by atoms with Crippen molar-refractivity contribution in [3.8, 4) is 0 Å². The molecule has 2 nitrogen and oxygen atoms in total. The van der Waals surface area contributed by atoms with E-state index in [4.69, 9.17) is 0 Å². The van der Waals surface area contributed by atoms with Crippen molar-refractivity contribution < 1.29 is 13.2 Å². The largest absolute Gasteiger partial charge is 0.394 e. The van der Waals surface area contributed by atoms with E-state index >= 15 is 0 Å². The Morgan fingerprint density at radius 1 is 1.24 bits per heavy atom. The zero-order valence-electron chi connectivity index (χ0n) is 10.3. The summed E-state index contributed by atoms with van der Waals surface area (Å²) < 4.78 is 38.4. The summed E-state index contributed by atoms with van der Waals surface area (Å²) in [4.78, 5) is 2.06. The normalized spacial score (nSPS) is 37.1. The van der Waals surface area contributed by atoms with Crippen LogP contribution in [0.25, 0.3) is 0 Å². The molecule has 3 atom stereocenters. The molecule has 0 bridgehead atoms. The second-order valence-corrected chi connectivity index (χ2v) is 5.51. The average molecular weight is 250 g/mol. The SMILES string of the molecule is CC1CCC(N2CCNCC(C(F)(F)F)C2)C1. The first-order chi connectivity index (χ1) is 7.97. The maximum absolute atomic E-state index is 12.8. The molecule has 0 aromatic carbocycles. The number of nitrogens with zero attached hydrogens (tertiary/aromatic N) is 1. The van der Waals surface area contributed by atoms with Crippen molar-refractivity contribution in [3.63, 3.8) is 0 Å². The lowest BCUT2D eigenvalue weighted by molar-refractivity contribution is -0.176. The first-order valence-corrected chi connectivity index (χ1v) is 6.48. The molecule has 0 radical (unpaired) electrons. The highest BCUT2D eigenvalue weighted by Crippen LogP contribution is 2.32. The Hall–Kier alpha value is -0.290. The monoisotopic (exact) mass is 250 g/mol. The van der Waals surface area contributed by atoms with Gasteiger partial charge in [-0.1, -0.05) is 6.92 Å². The third-order valence-electron chi connectivity index (χ3n) is 4.07. The Bertz CT molecular complexity index is 255. The van der Waals surface area contributed by atoms with Gasteiger partial charge in [-0.25, -0.2) is 0 Å².